The number of hydrogen-bond donors (Lipinski definition) is 4. The molecule has 7 heteroatoms. The van der Waals surface area contributed by atoms with Gasteiger partial charge < -0.3 is 25.6 Å². The van der Waals surface area contributed by atoms with Gasteiger partial charge in [0, 0.05) is 24.8 Å². The number of nitrogens with two attached hydrogens (primary N) is 1. The molecule has 5 N–H and O–H groups in total. The minimum Gasteiger partial charge on any atom is -0.488 e. The lowest BCUT2D eigenvalue weighted by Crippen LogP contribution is -3.05. The summed E-state index contributed by atoms with van der Waals surface area (Å²) in [4.78, 5) is 21.4. The number of carboxylic acid groups (broad SMARTS) is 2. The lowest BCUT2D eigenvalue weighted by atomic mass is 9.93. The van der Waals surface area contributed by atoms with Crippen molar-refractivity contribution in [2.75, 3.05) is 27.2 Å². The largest absolute Gasteiger partial charge is 0.488 e. The number of hydrogen-bond acceptors (Lipinski definition) is 4. The number of para-hydroxylation sites is 1. The number of benzene rings is 2. The molecular formula is C37H63N2O5+. The molecule has 0 unspecified atom stereocenters. The first-order chi connectivity index (χ1) is 21.3. The molecule has 0 spiro atoms. The Morgan fingerprint density at radius 3 is 1.86 bits per heavy atom. The van der Waals surface area contributed by atoms with Gasteiger partial charge in [-0.1, -0.05) is 115 Å². The van der Waals surface area contributed by atoms with Gasteiger partial charge in [0.2, 0.25) is 0 Å². The van der Waals surface area contributed by atoms with E-state index in [0.717, 1.165) is 50.8 Å². The number of carbonyl (C=O) groups is 2. The number of nitrogens with one attached hydrogen (secondary N) is 1. The van der Waals surface area contributed by atoms with E-state index in [1.807, 2.05) is 33.8 Å². The molecule has 0 bridgehead atoms. The van der Waals surface area contributed by atoms with Crippen LogP contribution in [0.3, 0.4) is 0 Å². The summed E-state index contributed by atoms with van der Waals surface area (Å²) in [7, 11) is 4.38. The van der Waals surface area contributed by atoms with Crippen LogP contribution < -0.4 is 15.4 Å². The Morgan fingerprint density at radius 1 is 0.795 bits per heavy atom. The van der Waals surface area contributed by atoms with Crippen LogP contribution in [0.15, 0.2) is 54.6 Å². The second-order valence-electron chi connectivity index (χ2n) is 10.4. The monoisotopic (exact) mass is 615 g/mol. The van der Waals surface area contributed by atoms with Crippen LogP contribution in [0, 0.1) is 0 Å². The molecule has 0 saturated carbocycles. The Morgan fingerprint density at radius 2 is 1.32 bits per heavy atom. The fraction of sp³-hybridized carbons (Fsp3) is 0.568. The molecule has 0 aliphatic carbocycles. The minimum absolute atomic E-state index is 0.278. The van der Waals surface area contributed by atoms with Crippen molar-refractivity contribution in [1.29, 1.82) is 0 Å². The smallest absolute Gasteiger partial charge is 0.303 e. The van der Waals surface area contributed by atoms with Crippen LogP contribution >= 0.6 is 0 Å². The molecule has 44 heavy (non-hydrogen) atoms. The molecule has 3 rings (SSSR count). The summed E-state index contributed by atoms with van der Waals surface area (Å²) in [6, 6.07) is 16.9. The molecule has 0 atom stereocenters. The second-order valence-corrected chi connectivity index (χ2v) is 10.4. The maximum Gasteiger partial charge on any atom is 0.303 e. The van der Waals surface area contributed by atoms with Crippen molar-refractivity contribution in [2.24, 2.45) is 5.73 Å². The molecule has 0 saturated heterocycles. The summed E-state index contributed by atoms with van der Waals surface area (Å²) < 4.78 is 5.99. The van der Waals surface area contributed by atoms with E-state index in [-0.39, 0.29) is 6.42 Å². The fourth-order valence-electron chi connectivity index (χ4n) is 4.23. The van der Waals surface area contributed by atoms with Crippen LogP contribution in [0.25, 0.3) is 5.57 Å². The Balaban J connectivity index is 0. The number of unbranched alkanes of at least 4 members (excludes halogenated alkanes) is 6. The SMILES string of the molecule is CC.CC.CCCCCCCC(=O)O.C[NH+](C)CC/C=C1\c2ccccc2COc2ccccc21.NCCCCCC(=O)O. The quantitative estimate of drug-likeness (QED) is 0.163. The molecule has 7 nitrogen and oxygen atoms in total. The zero-order chi connectivity index (χ0) is 33.6. The van der Waals surface area contributed by atoms with E-state index in [1.54, 1.807) is 0 Å². The zero-order valence-corrected chi connectivity index (χ0v) is 28.8. The van der Waals surface area contributed by atoms with Gasteiger partial charge in [-0.15, -0.1) is 0 Å². The van der Waals surface area contributed by atoms with Crippen molar-refractivity contribution in [1.82, 2.24) is 0 Å². The van der Waals surface area contributed by atoms with Crippen molar-refractivity contribution in [3.8, 4) is 5.75 Å². The summed E-state index contributed by atoms with van der Waals surface area (Å²) >= 11 is 0. The van der Waals surface area contributed by atoms with Crippen molar-refractivity contribution < 1.29 is 29.4 Å². The van der Waals surface area contributed by atoms with Gasteiger partial charge in [0.1, 0.15) is 12.4 Å². The highest BCUT2D eigenvalue weighted by atomic mass is 16.5. The van der Waals surface area contributed by atoms with E-state index in [9.17, 15) is 9.59 Å². The molecular weight excluding hydrogens is 552 g/mol. The third kappa shape index (κ3) is 21.5. The van der Waals surface area contributed by atoms with E-state index >= 15 is 0 Å². The lowest BCUT2D eigenvalue weighted by molar-refractivity contribution is -0.857. The number of fused-ring (bicyclic) bond motifs is 2. The summed E-state index contributed by atoms with van der Waals surface area (Å²) in [6.45, 7) is 12.6. The van der Waals surface area contributed by atoms with Crippen molar-refractivity contribution in [2.45, 2.75) is 112 Å². The summed E-state index contributed by atoms with van der Waals surface area (Å²) in [5.74, 6) is -0.402. The van der Waals surface area contributed by atoms with Gasteiger partial charge >= 0.3 is 11.9 Å². The number of aliphatic carboxylic acids is 2. The molecule has 0 radical (unpaired) electrons. The Bertz CT molecular complexity index is 971. The van der Waals surface area contributed by atoms with Crippen LogP contribution in [0.4, 0.5) is 0 Å². The first-order valence-corrected chi connectivity index (χ1v) is 16.7. The number of ether oxygens (including phenoxy) is 1. The fourth-order valence-corrected chi connectivity index (χ4v) is 4.23. The highest BCUT2D eigenvalue weighted by Crippen LogP contribution is 2.36. The van der Waals surface area contributed by atoms with Gasteiger partial charge in [-0.25, -0.2) is 0 Å². The number of quaternary nitrogens is 1. The van der Waals surface area contributed by atoms with E-state index in [0.29, 0.717) is 19.6 Å². The Kier molecular flexibility index (Phi) is 29.2. The summed E-state index contributed by atoms with van der Waals surface area (Å²) in [5.41, 5.74) is 10.3. The average Bonchev–Trinajstić information content (AvgIpc) is 3.18. The molecule has 0 amide bonds. The standard InChI is InChI=1S/C19H21NO.C8H16O2.C6H13NO2.2C2H6/c1-20(2)13-7-11-17-16-9-4-3-8-15(16)14-21-19-12-6-5-10-18(17)19;1-2-3-4-5-6-7-8(9)10;7-5-3-1-2-4-6(8)9;2*1-2/h3-6,8-12H,7,13-14H2,1-2H3;2-7H2,1H3,(H,9,10);1-5,7H2,(H,8,9);2*1-2H3/p+1/b17-11+;;;;. The predicted molar refractivity (Wildman–Crippen MR) is 185 cm³/mol. The van der Waals surface area contributed by atoms with Crippen LogP contribution in [0.5, 0.6) is 5.75 Å². The third-order valence-electron chi connectivity index (χ3n) is 6.45. The first kappa shape index (κ1) is 43.0. The van der Waals surface area contributed by atoms with E-state index in [1.165, 1.54) is 46.4 Å². The molecule has 250 valence electrons. The van der Waals surface area contributed by atoms with Gasteiger partial charge in [0.15, 0.2) is 0 Å². The number of rotatable bonds is 14. The molecule has 0 fully saturated rings. The summed E-state index contributed by atoms with van der Waals surface area (Å²) in [5, 5.41) is 16.5. The average molecular weight is 616 g/mol. The van der Waals surface area contributed by atoms with Crippen molar-refractivity contribution in [3.63, 3.8) is 0 Å². The topological polar surface area (TPSA) is 114 Å². The highest BCUT2D eigenvalue weighted by Gasteiger charge is 2.18. The van der Waals surface area contributed by atoms with Gasteiger partial charge in [0.25, 0.3) is 0 Å². The molecule has 1 aliphatic heterocycles. The summed E-state index contributed by atoms with van der Waals surface area (Å²) in [6.07, 6.45) is 12.2. The van der Waals surface area contributed by atoms with E-state index < -0.39 is 11.9 Å². The first-order valence-electron chi connectivity index (χ1n) is 16.7. The van der Waals surface area contributed by atoms with Crippen LogP contribution in [-0.4, -0.2) is 49.3 Å². The molecule has 2 aromatic rings. The molecule has 0 aromatic heterocycles. The Labute approximate surface area is 268 Å². The lowest BCUT2D eigenvalue weighted by Gasteiger charge is -2.11. The van der Waals surface area contributed by atoms with Gasteiger partial charge in [0.05, 0.1) is 20.6 Å². The maximum absolute atomic E-state index is 10.0. The van der Waals surface area contributed by atoms with Crippen LogP contribution in [0.2, 0.25) is 0 Å². The minimum atomic E-state index is -0.716. The highest BCUT2D eigenvalue weighted by molar-refractivity contribution is 5.84. The normalized spacial score (nSPS) is 11.7. The third-order valence-corrected chi connectivity index (χ3v) is 6.45. The maximum atomic E-state index is 10.0. The van der Waals surface area contributed by atoms with Gasteiger partial charge in [-0.05, 0) is 48.6 Å². The number of carboxylic acids is 2. The molecule has 2 aromatic carbocycles. The van der Waals surface area contributed by atoms with Crippen LogP contribution in [0.1, 0.15) is 122 Å². The van der Waals surface area contributed by atoms with Gasteiger partial charge in [-0.2, -0.15) is 0 Å². The molecule has 1 heterocycles. The van der Waals surface area contributed by atoms with Gasteiger partial charge in [-0.3, -0.25) is 9.59 Å². The predicted octanol–water partition coefficient (Wildman–Crippen LogP) is 7.62. The second kappa shape index (κ2) is 29.9. The zero-order valence-electron chi connectivity index (χ0n) is 28.8. The van der Waals surface area contributed by atoms with Crippen molar-refractivity contribution in [3.05, 3.63) is 71.3 Å². The van der Waals surface area contributed by atoms with Crippen molar-refractivity contribution >= 4 is 17.5 Å². The Hall–Kier alpha value is -3.16. The molecule has 1 aliphatic rings. The van der Waals surface area contributed by atoms with E-state index in [4.69, 9.17) is 20.7 Å². The van der Waals surface area contributed by atoms with Crippen LogP contribution in [-0.2, 0) is 16.2 Å². The van der Waals surface area contributed by atoms with E-state index in [2.05, 4.69) is 69.6 Å².